The van der Waals surface area contributed by atoms with Gasteiger partial charge in [-0.15, -0.1) is 0 Å². The van der Waals surface area contributed by atoms with E-state index in [-0.39, 0.29) is 23.0 Å². The quantitative estimate of drug-likeness (QED) is 0.693. The maximum absolute atomic E-state index is 13.3. The average molecular weight is 381 g/mol. The number of hydrogen-bond acceptors (Lipinski definition) is 3. The predicted octanol–water partition coefficient (Wildman–Crippen LogP) is 5.57. The van der Waals surface area contributed by atoms with Crippen molar-refractivity contribution < 1.29 is 14.7 Å². The second-order valence-corrected chi connectivity index (χ2v) is 9.25. The number of fused-ring (bicyclic) bond motifs is 4. The van der Waals surface area contributed by atoms with E-state index in [4.69, 9.17) is 0 Å². The van der Waals surface area contributed by atoms with Crippen molar-refractivity contribution in [1.82, 2.24) is 0 Å². The highest BCUT2D eigenvalue weighted by Gasteiger charge is 2.44. The first-order valence-electron chi connectivity index (χ1n) is 9.90. The number of aliphatic hydroxyl groups excluding tert-OH is 1. The van der Waals surface area contributed by atoms with Crippen molar-refractivity contribution in [2.24, 2.45) is 5.41 Å². The standard InChI is InChI=1S/C24H30NO3/c1-13(2)16-8-9-21-18(11-16)17-12-19(23(28)25(21)15(4)26)22(27)14(3)10-20(17)24(5,6)7/h8-11,13,17,27H,12H2,1-7H3. The van der Waals surface area contributed by atoms with Crippen molar-refractivity contribution in [1.29, 1.82) is 0 Å². The zero-order chi connectivity index (χ0) is 21.0. The van der Waals surface area contributed by atoms with E-state index in [2.05, 4.69) is 40.7 Å². The third kappa shape index (κ3) is 3.30. The monoisotopic (exact) mass is 380 g/mol. The minimum atomic E-state index is -0.422. The summed E-state index contributed by atoms with van der Waals surface area (Å²) in [5.74, 6) is -0.188. The molecule has 2 aliphatic rings. The zero-order valence-corrected chi connectivity index (χ0v) is 17.9. The van der Waals surface area contributed by atoms with Gasteiger partial charge in [0.2, 0.25) is 11.8 Å². The Morgan fingerprint density at radius 2 is 1.89 bits per heavy atom. The molecule has 4 heteroatoms. The van der Waals surface area contributed by atoms with Gasteiger partial charge in [0, 0.05) is 12.8 Å². The summed E-state index contributed by atoms with van der Waals surface area (Å²) in [5, 5.41) is 10.8. The minimum Gasteiger partial charge on any atom is -0.511 e. The number of carbonyl (C=O) groups excluding carboxylic acids is 2. The first kappa shape index (κ1) is 20.4. The molecule has 2 bridgehead atoms. The number of carbonyl (C=O) groups is 2. The molecule has 28 heavy (non-hydrogen) atoms. The number of benzene rings is 1. The molecule has 0 spiro atoms. The summed E-state index contributed by atoms with van der Waals surface area (Å²) < 4.78 is 0. The molecule has 1 atom stereocenters. The van der Waals surface area contributed by atoms with Crippen LogP contribution in [0.4, 0.5) is 5.69 Å². The van der Waals surface area contributed by atoms with Gasteiger partial charge in [-0.1, -0.05) is 58.4 Å². The van der Waals surface area contributed by atoms with Gasteiger partial charge in [0.15, 0.2) is 0 Å². The van der Waals surface area contributed by atoms with Crippen LogP contribution >= 0.6 is 0 Å². The third-order valence-electron chi connectivity index (χ3n) is 5.79. The maximum Gasteiger partial charge on any atom is 0.249 e. The highest BCUT2D eigenvalue weighted by atomic mass is 16.3. The van der Waals surface area contributed by atoms with E-state index in [0.717, 1.165) is 11.1 Å². The summed E-state index contributed by atoms with van der Waals surface area (Å²) in [4.78, 5) is 27.0. The van der Waals surface area contributed by atoms with Gasteiger partial charge in [-0.2, -0.15) is 0 Å². The minimum absolute atomic E-state index is 0.00242. The lowest BCUT2D eigenvalue weighted by Gasteiger charge is -2.31. The van der Waals surface area contributed by atoms with E-state index in [9.17, 15) is 14.7 Å². The van der Waals surface area contributed by atoms with E-state index < -0.39 is 5.91 Å². The van der Waals surface area contributed by atoms with Crippen molar-refractivity contribution in [2.45, 2.75) is 66.7 Å². The van der Waals surface area contributed by atoms with Gasteiger partial charge in [0.1, 0.15) is 11.7 Å². The predicted molar refractivity (Wildman–Crippen MR) is 112 cm³/mol. The largest absolute Gasteiger partial charge is 0.511 e. The number of rotatable bonds is 1. The molecule has 1 N–H and O–H groups in total. The van der Waals surface area contributed by atoms with E-state index in [1.165, 1.54) is 17.4 Å². The molecule has 3 rings (SSSR count). The molecule has 1 aliphatic heterocycles. The van der Waals surface area contributed by atoms with Crippen molar-refractivity contribution >= 4 is 17.5 Å². The van der Waals surface area contributed by atoms with E-state index in [0.29, 0.717) is 29.5 Å². The highest BCUT2D eigenvalue weighted by molar-refractivity contribution is 6.21. The van der Waals surface area contributed by atoms with Crippen LogP contribution in [-0.2, 0) is 9.59 Å². The van der Waals surface area contributed by atoms with Gasteiger partial charge in [-0.05, 0) is 47.4 Å². The Kier molecular flexibility index (Phi) is 5.03. The number of anilines is 1. The fourth-order valence-electron chi connectivity index (χ4n) is 4.23. The van der Waals surface area contributed by atoms with Gasteiger partial charge in [0.05, 0.1) is 5.69 Å². The molecule has 1 aromatic carbocycles. The lowest BCUT2D eigenvalue weighted by atomic mass is 9.73. The number of allylic oxidation sites excluding steroid dienone is 3. The molecule has 1 unspecified atom stereocenters. The van der Waals surface area contributed by atoms with Crippen LogP contribution in [0.5, 0.6) is 0 Å². The Balaban J connectivity index is 2.36. The Morgan fingerprint density at radius 3 is 2.43 bits per heavy atom. The van der Waals surface area contributed by atoms with E-state index in [1.54, 1.807) is 0 Å². The van der Waals surface area contributed by atoms with E-state index >= 15 is 0 Å². The third-order valence-corrected chi connectivity index (χ3v) is 5.79. The molecule has 1 radical (unpaired) electrons. The maximum atomic E-state index is 13.3. The molecule has 0 fully saturated rings. The smallest absolute Gasteiger partial charge is 0.249 e. The van der Waals surface area contributed by atoms with Crippen LogP contribution in [0, 0.1) is 11.3 Å². The van der Waals surface area contributed by atoms with Crippen LogP contribution < -0.4 is 4.90 Å². The first-order valence-corrected chi connectivity index (χ1v) is 9.90. The molecular formula is C24H30NO3. The summed E-state index contributed by atoms with van der Waals surface area (Å²) in [6.45, 7) is 13.9. The Labute approximate surface area is 167 Å². The summed E-state index contributed by atoms with van der Waals surface area (Å²) in [7, 11) is 0. The molecule has 0 aromatic heterocycles. The van der Waals surface area contributed by atoms with E-state index in [1.807, 2.05) is 25.1 Å². The van der Waals surface area contributed by atoms with Crippen molar-refractivity contribution in [3.8, 4) is 0 Å². The zero-order valence-electron chi connectivity index (χ0n) is 17.9. The molecule has 0 saturated carbocycles. The molecule has 1 heterocycles. The SMILES string of the molecule is CC(=O)N1C(=O)[C]2CC(C(C(C)(C)C)=CC(C)=C2O)c2cc(C(C)C)ccc21. The second-order valence-electron chi connectivity index (χ2n) is 9.25. The van der Waals surface area contributed by atoms with Crippen LogP contribution in [0.15, 0.2) is 41.2 Å². The van der Waals surface area contributed by atoms with Crippen LogP contribution in [0.1, 0.15) is 77.8 Å². The molecule has 4 nitrogen and oxygen atoms in total. The number of nitrogens with zero attached hydrogens (tertiary/aromatic N) is 1. The average Bonchev–Trinajstić information content (AvgIpc) is 2.80. The van der Waals surface area contributed by atoms with Crippen LogP contribution in [0.3, 0.4) is 0 Å². The molecule has 2 amide bonds. The Bertz CT molecular complexity index is 899. The number of amides is 2. The Morgan fingerprint density at radius 1 is 1.25 bits per heavy atom. The van der Waals surface area contributed by atoms with Crippen molar-refractivity contribution in [2.75, 3.05) is 4.90 Å². The highest BCUT2D eigenvalue weighted by Crippen LogP contribution is 2.51. The Hall–Kier alpha value is -2.36. The molecule has 149 valence electrons. The van der Waals surface area contributed by atoms with Gasteiger partial charge >= 0.3 is 0 Å². The molecule has 1 aromatic rings. The summed E-state index contributed by atoms with van der Waals surface area (Å²) in [5.41, 5.74) is 4.46. The number of imide groups is 1. The number of aliphatic hydroxyl groups is 1. The molecular weight excluding hydrogens is 350 g/mol. The molecule has 0 saturated heterocycles. The van der Waals surface area contributed by atoms with Crippen LogP contribution in [-0.4, -0.2) is 16.9 Å². The summed E-state index contributed by atoms with van der Waals surface area (Å²) in [6.07, 6.45) is 2.42. The van der Waals surface area contributed by atoms with Gasteiger partial charge in [-0.3, -0.25) is 9.59 Å². The summed E-state index contributed by atoms with van der Waals surface area (Å²) in [6, 6.07) is 6.01. The fourth-order valence-corrected chi connectivity index (χ4v) is 4.23. The lowest BCUT2D eigenvalue weighted by Crippen LogP contribution is -2.38. The van der Waals surface area contributed by atoms with Crippen molar-refractivity contribution in [3.63, 3.8) is 0 Å². The normalized spacial score (nSPS) is 20.7. The van der Waals surface area contributed by atoms with Gasteiger partial charge in [-0.25, -0.2) is 4.90 Å². The van der Waals surface area contributed by atoms with Crippen LogP contribution in [0.25, 0.3) is 0 Å². The first-order chi connectivity index (χ1) is 12.9. The number of hydrogen-bond donors (Lipinski definition) is 1. The second kappa shape index (κ2) is 6.91. The lowest BCUT2D eigenvalue weighted by molar-refractivity contribution is -0.124. The van der Waals surface area contributed by atoms with Gasteiger partial charge < -0.3 is 5.11 Å². The topological polar surface area (TPSA) is 57.6 Å². The van der Waals surface area contributed by atoms with Gasteiger partial charge in [0.25, 0.3) is 0 Å². The fraction of sp³-hybridized carbons (Fsp3) is 0.458. The molecule has 1 aliphatic carbocycles. The van der Waals surface area contributed by atoms with Crippen molar-refractivity contribution in [3.05, 3.63) is 58.2 Å². The summed E-state index contributed by atoms with van der Waals surface area (Å²) >= 11 is 0. The van der Waals surface area contributed by atoms with Crippen LogP contribution in [0.2, 0.25) is 0 Å².